The van der Waals surface area contributed by atoms with Crippen molar-refractivity contribution in [2.45, 2.75) is 40.0 Å². The monoisotopic (exact) mass is 139 g/mol. The van der Waals surface area contributed by atoms with E-state index in [-0.39, 0.29) is 0 Å². The van der Waals surface area contributed by atoms with Gasteiger partial charge in [-0.05, 0) is 33.4 Å². The molecule has 0 fully saturated rings. The van der Waals surface area contributed by atoms with Crippen molar-refractivity contribution >= 4 is 6.72 Å². The van der Waals surface area contributed by atoms with E-state index in [0.717, 1.165) is 5.70 Å². The van der Waals surface area contributed by atoms with Crippen LogP contribution in [0.25, 0.3) is 0 Å². The van der Waals surface area contributed by atoms with Gasteiger partial charge in [-0.1, -0.05) is 18.9 Å². The van der Waals surface area contributed by atoms with Crippen LogP contribution < -0.4 is 0 Å². The van der Waals surface area contributed by atoms with Gasteiger partial charge in [0.2, 0.25) is 0 Å². The predicted octanol–water partition coefficient (Wildman–Crippen LogP) is 3.17. The molecule has 0 heterocycles. The van der Waals surface area contributed by atoms with Crippen molar-refractivity contribution < 1.29 is 0 Å². The zero-order valence-electron chi connectivity index (χ0n) is 7.28. The number of hydrogen-bond acceptors (Lipinski definition) is 1. The Hall–Kier alpha value is -0.590. The van der Waals surface area contributed by atoms with Gasteiger partial charge in [0.25, 0.3) is 0 Å². The van der Waals surface area contributed by atoms with E-state index in [2.05, 4.69) is 25.6 Å². The molecule has 0 aliphatic rings. The lowest BCUT2D eigenvalue weighted by Gasteiger charge is -2.00. The number of allylic oxidation sites excluding steroid dienone is 2. The molecule has 0 aromatic rings. The highest BCUT2D eigenvalue weighted by Crippen LogP contribution is 2.11. The maximum atomic E-state index is 3.87. The largest absolute Gasteiger partial charge is 0.269 e. The number of hydrogen-bond donors (Lipinski definition) is 0. The summed E-state index contributed by atoms with van der Waals surface area (Å²) in [5.41, 5.74) is 2.46. The van der Waals surface area contributed by atoms with Crippen molar-refractivity contribution in [1.29, 1.82) is 0 Å². The molecule has 1 nitrogen and oxygen atoms in total. The third-order valence-electron chi connectivity index (χ3n) is 1.76. The first-order chi connectivity index (χ1) is 4.72. The van der Waals surface area contributed by atoms with Gasteiger partial charge in [-0.25, -0.2) is 0 Å². The minimum atomic E-state index is 1.09. The highest BCUT2D eigenvalue weighted by Gasteiger charge is 1.92. The van der Waals surface area contributed by atoms with Crippen LogP contribution in [0.15, 0.2) is 16.3 Å². The molecule has 0 atom stereocenters. The standard InChI is InChI=1S/C9H17N/c1-5-6-7-8(2)9(3)10-4/h4-7H2,1-3H3/b9-8-. The van der Waals surface area contributed by atoms with Gasteiger partial charge in [0, 0.05) is 5.70 Å². The van der Waals surface area contributed by atoms with Crippen molar-refractivity contribution in [1.82, 2.24) is 0 Å². The molecular formula is C9H17N. The Bertz CT molecular complexity index is 134. The van der Waals surface area contributed by atoms with E-state index < -0.39 is 0 Å². The second-order valence-electron chi connectivity index (χ2n) is 2.63. The van der Waals surface area contributed by atoms with Crippen LogP contribution in [0.4, 0.5) is 0 Å². The van der Waals surface area contributed by atoms with Crippen LogP contribution in [-0.2, 0) is 0 Å². The minimum absolute atomic E-state index is 1.09. The van der Waals surface area contributed by atoms with Crippen LogP contribution in [0, 0.1) is 0 Å². The number of nitrogens with zero attached hydrogens (tertiary/aromatic N) is 1. The lowest BCUT2D eigenvalue weighted by Crippen LogP contribution is -1.81. The Morgan fingerprint density at radius 2 is 2.00 bits per heavy atom. The van der Waals surface area contributed by atoms with Gasteiger partial charge < -0.3 is 0 Å². The second kappa shape index (κ2) is 5.21. The summed E-state index contributed by atoms with van der Waals surface area (Å²) < 4.78 is 0. The zero-order chi connectivity index (χ0) is 7.98. The average Bonchev–Trinajstić information content (AvgIpc) is 1.98. The summed E-state index contributed by atoms with van der Waals surface area (Å²) in [5.74, 6) is 0. The topological polar surface area (TPSA) is 12.4 Å². The van der Waals surface area contributed by atoms with Crippen molar-refractivity contribution in [2.24, 2.45) is 4.99 Å². The second-order valence-corrected chi connectivity index (χ2v) is 2.63. The first-order valence-corrected chi connectivity index (χ1v) is 3.85. The van der Waals surface area contributed by atoms with Crippen molar-refractivity contribution in [3.8, 4) is 0 Å². The summed E-state index contributed by atoms with van der Waals surface area (Å²) in [7, 11) is 0. The number of aliphatic imine (C=N–C) groups is 1. The summed E-state index contributed by atoms with van der Waals surface area (Å²) in [5, 5.41) is 0. The normalized spacial score (nSPS) is 12.7. The lowest BCUT2D eigenvalue weighted by atomic mass is 10.1. The Balaban J connectivity index is 3.79. The molecule has 0 spiro atoms. The quantitative estimate of drug-likeness (QED) is 0.530. The van der Waals surface area contributed by atoms with E-state index >= 15 is 0 Å². The van der Waals surface area contributed by atoms with Crippen LogP contribution in [0.3, 0.4) is 0 Å². The Morgan fingerprint density at radius 1 is 1.40 bits per heavy atom. The van der Waals surface area contributed by atoms with Gasteiger partial charge in [-0.3, -0.25) is 4.99 Å². The molecule has 0 amide bonds. The van der Waals surface area contributed by atoms with E-state index in [1.165, 1.54) is 24.8 Å². The smallest absolute Gasteiger partial charge is 0.0354 e. The van der Waals surface area contributed by atoms with Crippen molar-refractivity contribution in [2.75, 3.05) is 0 Å². The zero-order valence-corrected chi connectivity index (χ0v) is 7.28. The summed E-state index contributed by atoms with van der Waals surface area (Å²) in [6.45, 7) is 9.82. The van der Waals surface area contributed by atoms with Crippen LogP contribution in [0.1, 0.15) is 40.0 Å². The molecule has 58 valence electrons. The van der Waals surface area contributed by atoms with Crippen LogP contribution in [0.5, 0.6) is 0 Å². The Labute approximate surface area is 63.9 Å². The fourth-order valence-corrected chi connectivity index (χ4v) is 0.758. The van der Waals surface area contributed by atoms with E-state index in [0.29, 0.717) is 0 Å². The molecule has 0 radical (unpaired) electrons. The predicted molar refractivity (Wildman–Crippen MR) is 47.4 cm³/mol. The first-order valence-electron chi connectivity index (χ1n) is 3.85. The average molecular weight is 139 g/mol. The summed E-state index contributed by atoms with van der Waals surface area (Å²) in [6, 6.07) is 0. The molecule has 0 rings (SSSR count). The van der Waals surface area contributed by atoms with E-state index in [4.69, 9.17) is 0 Å². The fraction of sp³-hybridized carbons (Fsp3) is 0.667. The molecule has 0 aliphatic carbocycles. The van der Waals surface area contributed by atoms with E-state index in [1.54, 1.807) is 0 Å². The van der Waals surface area contributed by atoms with Crippen LogP contribution >= 0.6 is 0 Å². The molecule has 0 unspecified atom stereocenters. The Kier molecular flexibility index (Phi) is 4.91. The van der Waals surface area contributed by atoms with Gasteiger partial charge in [0.05, 0.1) is 0 Å². The van der Waals surface area contributed by atoms with E-state index in [9.17, 15) is 0 Å². The molecule has 1 heteroatoms. The van der Waals surface area contributed by atoms with Gasteiger partial charge >= 0.3 is 0 Å². The molecule has 0 aromatic carbocycles. The van der Waals surface area contributed by atoms with Gasteiger partial charge in [0.15, 0.2) is 0 Å². The molecule has 0 saturated carbocycles. The lowest BCUT2D eigenvalue weighted by molar-refractivity contribution is 0.779. The summed E-state index contributed by atoms with van der Waals surface area (Å²) >= 11 is 0. The first kappa shape index (κ1) is 9.41. The van der Waals surface area contributed by atoms with Gasteiger partial charge in [-0.15, -0.1) is 0 Å². The van der Waals surface area contributed by atoms with Gasteiger partial charge in [0.1, 0.15) is 0 Å². The molecule has 0 N–H and O–H groups in total. The fourth-order valence-electron chi connectivity index (χ4n) is 0.758. The van der Waals surface area contributed by atoms with Crippen molar-refractivity contribution in [3.63, 3.8) is 0 Å². The third kappa shape index (κ3) is 3.44. The maximum absolute atomic E-state index is 3.87. The van der Waals surface area contributed by atoms with Crippen LogP contribution in [-0.4, -0.2) is 6.72 Å². The SMILES string of the molecule is C=N/C(C)=C(/C)CCCC. The Morgan fingerprint density at radius 3 is 2.40 bits per heavy atom. The third-order valence-corrected chi connectivity index (χ3v) is 1.76. The van der Waals surface area contributed by atoms with Gasteiger partial charge in [-0.2, -0.15) is 0 Å². The summed E-state index contributed by atoms with van der Waals surface area (Å²) in [6.07, 6.45) is 3.68. The molecular weight excluding hydrogens is 122 g/mol. The molecule has 0 aromatic heterocycles. The van der Waals surface area contributed by atoms with Crippen LogP contribution in [0.2, 0.25) is 0 Å². The van der Waals surface area contributed by atoms with E-state index in [1.807, 2.05) is 6.92 Å². The summed E-state index contributed by atoms with van der Waals surface area (Å²) in [4.78, 5) is 3.87. The minimum Gasteiger partial charge on any atom is -0.269 e. The number of rotatable bonds is 4. The van der Waals surface area contributed by atoms with Crippen molar-refractivity contribution in [3.05, 3.63) is 11.3 Å². The molecule has 0 bridgehead atoms. The molecule has 0 saturated heterocycles. The molecule has 0 aliphatic heterocycles. The maximum Gasteiger partial charge on any atom is 0.0354 e. The highest BCUT2D eigenvalue weighted by molar-refractivity contribution is 5.29. The highest BCUT2D eigenvalue weighted by atomic mass is 14.7. The molecule has 10 heavy (non-hydrogen) atoms. The number of unbranched alkanes of at least 4 members (excludes halogenated alkanes) is 1.